The third-order valence-corrected chi connectivity index (χ3v) is 2.73. The van der Waals surface area contributed by atoms with Gasteiger partial charge in [-0.1, -0.05) is 49.4 Å². The quantitative estimate of drug-likeness (QED) is 0.767. The van der Waals surface area contributed by atoms with Crippen LogP contribution in [0.3, 0.4) is 0 Å². The largest absolute Gasteiger partial charge is 0.493 e. The van der Waals surface area contributed by atoms with Gasteiger partial charge >= 0.3 is 6.15 Å². The lowest BCUT2D eigenvalue weighted by molar-refractivity contribution is -0.191. The second-order valence-corrected chi connectivity index (χ2v) is 4.43. The van der Waals surface area contributed by atoms with Crippen LogP contribution in [-0.4, -0.2) is 19.0 Å². The molecule has 114 valence electrons. The standard InChI is InChI=1S/C17H19NO.CO2/c1-2-12-19-17-11-7-6-10-16(17)14-18-13-15-8-4-3-5-9-15;2-1-3/h3-11,14H,2,12-13H2,1H3;. The van der Waals surface area contributed by atoms with Crippen molar-refractivity contribution in [2.75, 3.05) is 6.61 Å². The molecule has 2 rings (SSSR count). The molecule has 2 aromatic rings. The molecule has 0 saturated heterocycles. The Hall–Kier alpha value is -2.71. The van der Waals surface area contributed by atoms with E-state index in [1.165, 1.54) is 5.56 Å². The summed E-state index contributed by atoms with van der Waals surface area (Å²) < 4.78 is 5.70. The highest BCUT2D eigenvalue weighted by Crippen LogP contribution is 2.16. The number of hydrogen-bond acceptors (Lipinski definition) is 4. The third-order valence-electron chi connectivity index (χ3n) is 2.73. The molecule has 0 atom stereocenters. The van der Waals surface area contributed by atoms with Gasteiger partial charge in [0.15, 0.2) is 0 Å². The van der Waals surface area contributed by atoms with E-state index >= 15 is 0 Å². The predicted molar refractivity (Wildman–Crippen MR) is 85.0 cm³/mol. The van der Waals surface area contributed by atoms with Gasteiger partial charge in [0.2, 0.25) is 0 Å². The van der Waals surface area contributed by atoms with Crippen molar-refractivity contribution in [2.24, 2.45) is 4.99 Å². The van der Waals surface area contributed by atoms with Crippen LogP contribution in [0.5, 0.6) is 5.75 Å². The summed E-state index contributed by atoms with van der Waals surface area (Å²) in [5, 5.41) is 0. The Balaban J connectivity index is 0.000000745. The molecule has 0 fully saturated rings. The summed E-state index contributed by atoms with van der Waals surface area (Å²) in [4.78, 5) is 20.7. The predicted octanol–water partition coefficient (Wildman–Crippen LogP) is 3.51. The maximum Gasteiger partial charge on any atom is 0.373 e. The van der Waals surface area contributed by atoms with Crippen LogP contribution in [0.1, 0.15) is 24.5 Å². The van der Waals surface area contributed by atoms with Gasteiger partial charge in [-0.2, -0.15) is 9.59 Å². The minimum atomic E-state index is 0.250. The summed E-state index contributed by atoms with van der Waals surface area (Å²) in [6.45, 7) is 3.54. The molecule has 0 radical (unpaired) electrons. The molecule has 0 heterocycles. The minimum Gasteiger partial charge on any atom is -0.493 e. The summed E-state index contributed by atoms with van der Waals surface area (Å²) in [7, 11) is 0. The smallest absolute Gasteiger partial charge is 0.373 e. The molecular formula is C18H19NO3. The van der Waals surface area contributed by atoms with E-state index in [9.17, 15) is 0 Å². The highest BCUT2D eigenvalue weighted by Gasteiger charge is 1.99. The Morgan fingerprint density at radius 1 is 1.05 bits per heavy atom. The monoisotopic (exact) mass is 297 g/mol. The number of benzene rings is 2. The van der Waals surface area contributed by atoms with E-state index in [0.29, 0.717) is 6.54 Å². The van der Waals surface area contributed by atoms with E-state index < -0.39 is 0 Å². The van der Waals surface area contributed by atoms with Gasteiger partial charge < -0.3 is 4.74 Å². The first-order chi connectivity index (χ1) is 10.8. The number of nitrogens with zero attached hydrogens (tertiary/aromatic N) is 1. The van der Waals surface area contributed by atoms with Crippen molar-refractivity contribution in [3.8, 4) is 5.75 Å². The summed E-state index contributed by atoms with van der Waals surface area (Å²) in [5.74, 6) is 0.904. The minimum absolute atomic E-state index is 0.250. The Morgan fingerprint density at radius 2 is 1.68 bits per heavy atom. The summed E-state index contributed by atoms with van der Waals surface area (Å²) in [6.07, 6.45) is 3.15. The second-order valence-electron chi connectivity index (χ2n) is 4.43. The maximum absolute atomic E-state index is 8.12. The van der Waals surface area contributed by atoms with Crippen LogP contribution >= 0.6 is 0 Å². The zero-order valence-corrected chi connectivity index (χ0v) is 12.6. The van der Waals surface area contributed by atoms with E-state index in [0.717, 1.165) is 24.3 Å². The molecule has 22 heavy (non-hydrogen) atoms. The van der Waals surface area contributed by atoms with Gasteiger partial charge in [-0.25, -0.2) is 0 Å². The molecule has 0 aliphatic carbocycles. The van der Waals surface area contributed by atoms with Crippen LogP contribution in [0.15, 0.2) is 59.6 Å². The average Bonchev–Trinajstić information content (AvgIpc) is 2.56. The van der Waals surface area contributed by atoms with Crippen molar-refractivity contribution >= 4 is 12.4 Å². The van der Waals surface area contributed by atoms with E-state index in [2.05, 4.69) is 24.0 Å². The molecule has 0 N–H and O–H groups in total. The van der Waals surface area contributed by atoms with Crippen molar-refractivity contribution < 1.29 is 14.3 Å². The molecule has 0 aromatic heterocycles. The second kappa shape index (κ2) is 11.0. The highest BCUT2D eigenvalue weighted by molar-refractivity contribution is 5.83. The maximum atomic E-state index is 8.12. The van der Waals surface area contributed by atoms with Gasteiger partial charge in [-0.15, -0.1) is 0 Å². The van der Waals surface area contributed by atoms with Crippen LogP contribution in [0.2, 0.25) is 0 Å². The molecule has 4 nitrogen and oxygen atoms in total. The van der Waals surface area contributed by atoms with E-state index in [1.807, 2.05) is 48.7 Å². The fourth-order valence-electron chi connectivity index (χ4n) is 1.76. The Bertz CT molecular complexity index is 603. The van der Waals surface area contributed by atoms with Crippen LogP contribution in [0, 0.1) is 0 Å². The van der Waals surface area contributed by atoms with Gasteiger partial charge in [0, 0.05) is 11.8 Å². The molecule has 4 heteroatoms. The van der Waals surface area contributed by atoms with Gasteiger partial charge in [0.25, 0.3) is 0 Å². The van der Waals surface area contributed by atoms with Gasteiger partial charge in [0.1, 0.15) is 5.75 Å². The molecule has 0 bridgehead atoms. The molecule has 0 amide bonds. The van der Waals surface area contributed by atoms with Gasteiger partial charge in [-0.3, -0.25) is 4.99 Å². The Kier molecular flexibility index (Phi) is 8.67. The fraction of sp³-hybridized carbons (Fsp3) is 0.222. The van der Waals surface area contributed by atoms with Crippen molar-refractivity contribution in [3.05, 3.63) is 65.7 Å². The third kappa shape index (κ3) is 6.64. The summed E-state index contributed by atoms with van der Waals surface area (Å²) in [6, 6.07) is 18.2. The lowest BCUT2D eigenvalue weighted by Crippen LogP contribution is -1.98. The van der Waals surface area contributed by atoms with Crippen molar-refractivity contribution in [1.82, 2.24) is 0 Å². The van der Waals surface area contributed by atoms with E-state index in [4.69, 9.17) is 14.3 Å². The number of ether oxygens (including phenoxy) is 1. The first-order valence-electron chi connectivity index (χ1n) is 7.06. The average molecular weight is 297 g/mol. The molecule has 2 aromatic carbocycles. The topological polar surface area (TPSA) is 55.7 Å². The SMILES string of the molecule is CCCOc1ccccc1C=NCc1ccccc1.O=C=O. The van der Waals surface area contributed by atoms with Gasteiger partial charge in [0.05, 0.1) is 13.2 Å². The number of carbonyl (C=O) groups excluding carboxylic acids is 2. The van der Waals surface area contributed by atoms with E-state index in [-0.39, 0.29) is 6.15 Å². The zero-order chi connectivity index (χ0) is 16.0. The molecule has 0 saturated carbocycles. The molecule has 0 aliphatic rings. The van der Waals surface area contributed by atoms with Crippen LogP contribution in [0.25, 0.3) is 0 Å². The first kappa shape index (κ1) is 17.3. The number of rotatable bonds is 6. The van der Waals surface area contributed by atoms with Gasteiger partial charge in [-0.05, 0) is 24.1 Å². The first-order valence-corrected chi connectivity index (χ1v) is 7.06. The van der Waals surface area contributed by atoms with E-state index in [1.54, 1.807) is 0 Å². The summed E-state index contributed by atoms with van der Waals surface area (Å²) >= 11 is 0. The number of aliphatic imine (C=N–C) groups is 1. The Morgan fingerprint density at radius 3 is 2.36 bits per heavy atom. The van der Waals surface area contributed by atoms with Crippen molar-refractivity contribution in [2.45, 2.75) is 19.9 Å². The molecule has 0 spiro atoms. The lowest BCUT2D eigenvalue weighted by Gasteiger charge is -2.07. The fourth-order valence-corrected chi connectivity index (χ4v) is 1.76. The lowest BCUT2D eigenvalue weighted by atomic mass is 10.2. The highest BCUT2D eigenvalue weighted by atomic mass is 16.5. The molecule has 0 aliphatic heterocycles. The van der Waals surface area contributed by atoms with Crippen molar-refractivity contribution in [3.63, 3.8) is 0 Å². The molecule has 0 unspecified atom stereocenters. The summed E-state index contributed by atoms with van der Waals surface area (Å²) in [5.41, 5.74) is 2.25. The van der Waals surface area contributed by atoms with Crippen LogP contribution in [-0.2, 0) is 16.1 Å². The zero-order valence-electron chi connectivity index (χ0n) is 12.6. The van der Waals surface area contributed by atoms with Crippen LogP contribution in [0.4, 0.5) is 0 Å². The Labute approximate surface area is 130 Å². The van der Waals surface area contributed by atoms with Crippen LogP contribution < -0.4 is 4.74 Å². The van der Waals surface area contributed by atoms with Crippen molar-refractivity contribution in [1.29, 1.82) is 0 Å². The number of hydrogen-bond donors (Lipinski definition) is 0. The normalized spacial score (nSPS) is 9.68. The molecular weight excluding hydrogens is 278 g/mol. The number of para-hydroxylation sites is 1.